The highest BCUT2D eigenvalue weighted by atomic mass is 16.6. The first-order chi connectivity index (χ1) is 16.5. The van der Waals surface area contributed by atoms with E-state index in [0.717, 1.165) is 16.8 Å². The first kappa shape index (κ1) is 22.5. The largest absolute Gasteiger partial charge is 0.487 e. The molecule has 0 saturated carbocycles. The monoisotopic (exact) mass is 455 g/mol. The van der Waals surface area contributed by atoms with Crippen molar-refractivity contribution in [2.45, 2.75) is 6.92 Å². The van der Waals surface area contributed by atoms with Crippen LogP contribution < -0.4 is 15.4 Å². The van der Waals surface area contributed by atoms with Gasteiger partial charge in [0.05, 0.1) is 11.5 Å². The van der Waals surface area contributed by atoms with Crippen LogP contribution in [0.5, 0.6) is 5.75 Å². The average Bonchev–Trinajstić information content (AvgIpc) is 2.84. The molecule has 0 atom stereocenters. The van der Waals surface area contributed by atoms with Gasteiger partial charge in [-0.15, -0.1) is 0 Å². The number of hydrogen-bond acceptors (Lipinski definition) is 5. The summed E-state index contributed by atoms with van der Waals surface area (Å²) in [6.45, 7) is 1.98. The number of nitro groups is 1. The molecule has 0 aromatic heterocycles. The van der Waals surface area contributed by atoms with Gasteiger partial charge in [0.2, 0.25) is 0 Å². The van der Waals surface area contributed by atoms with Gasteiger partial charge in [-0.2, -0.15) is 0 Å². The number of nitrogens with zero attached hydrogens (tertiary/aromatic N) is 1. The molecule has 4 aromatic carbocycles. The zero-order valence-corrected chi connectivity index (χ0v) is 18.3. The van der Waals surface area contributed by atoms with Crippen LogP contribution in [0.2, 0.25) is 0 Å². The number of carbonyl (C=O) groups excluding carboxylic acids is 2. The van der Waals surface area contributed by atoms with Crippen LogP contribution in [0.3, 0.4) is 0 Å². The zero-order chi connectivity index (χ0) is 24.1. The molecular formula is C26H21N3O5. The van der Waals surface area contributed by atoms with Gasteiger partial charge in [0.15, 0.2) is 5.75 Å². The van der Waals surface area contributed by atoms with Crippen LogP contribution >= 0.6 is 0 Å². The first-order valence-corrected chi connectivity index (χ1v) is 10.6. The fourth-order valence-corrected chi connectivity index (χ4v) is 3.55. The Labute approximate surface area is 195 Å². The molecule has 0 saturated heterocycles. The second kappa shape index (κ2) is 9.83. The smallest absolute Gasteiger partial charge is 0.311 e. The Morgan fingerprint density at radius 2 is 1.56 bits per heavy atom. The van der Waals surface area contributed by atoms with Crippen molar-refractivity contribution in [3.8, 4) is 5.75 Å². The highest BCUT2D eigenvalue weighted by Gasteiger charge is 2.19. The van der Waals surface area contributed by atoms with Gasteiger partial charge in [-0.3, -0.25) is 19.7 Å². The van der Waals surface area contributed by atoms with Crippen molar-refractivity contribution < 1.29 is 19.2 Å². The molecule has 34 heavy (non-hydrogen) atoms. The van der Waals surface area contributed by atoms with Gasteiger partial charge in [-0.25, -0.2) is 0 Å². The van der Waals surface area contributed by atoms with Gasteiger partial charge >= 0.3 is 5.69 Å². The zero-order valence-electron chi connectivity index (χ0n) is 18.3. The van der Waals surface area contributed by atoms with E-state index in [1.54, 1.807) is 31.2 Å². The molecule has 0 aliphatic rings. The summed E-state index contributed by atoms with van der Waals surface area (Å²) in [5.41, 5.74) is 1.22. The fraction of sp³-hybridized carbons (Fsp3) is 0.0769. The van der Waals surface area contributed by atoms with Crippen molar-refractivity contribution in [3.05, 3.63) is 106 Å². The van der Waals surface area contributed by atoms with Gasteiger partial charge in [-0.05, 0) is 48.7 Å². The molecule has 8 heteroatoms. The minimum absolute atomic E-state index is 0.0937. The van der Waals surface area contributed by atoms with E-state index in [9.17, 15) is 19.7 Å². The summed E-state index contributed by atoms with van der Waals surface area (Å²) in [4.78, 5) is 36.3. The standard InChI is InChI=1S/C26H21N3O5/c1-2-34-24-14-13-19(16-23(24)29(32)33)25(30)27-20-10-5-9-18(15-20)26(31)28-22-12-6-8-17-7-3-4-11-21(17)22/h3-16H,2H2,1H3,(H,27,30)(H,28,31). The summed E-state index contributed by atoms with van der Waals surface area (Å²) in [7, 11) is 0. The molecule has 0 spiro atoms. The third kappa shape index (κ3) is 4.86. The molecule has 2 amide bonds. The SMILES string of the molecule is CCOc1ccc(C(=O)Nc2cccc(C(=O)Nc3cccc4ccccc34)c2)cc1[N+](=O)[O-]. The molecule has 4 rings (SSSR count). The number of carbonyl (C=O) groups is 2. The summed E-state index contributed by atoms with van der Waals surface area (Å²) in [5.74, 6) is -0.780. The Morgan fingerprint density at radius 1 is 0.853 bits per heavy atom. The number of nitro benzene ring substituents is 1. The van der Waals surface area contributed by atoms with Crippen molar-refractivity contribution in [1.29, 1.82) is 0 Å². The van der Waals surface area contributed by atoms with Crippen molar-refractivity contribution in [2.24, 2.45) is 0 Å². The van der Waals surface area contributed by atoms with Crippen LogP contribution in [0.15, 0.2) is 84.9 Å². The number of hydrogen-bond donors (Lipinski definition) is 2. The molecule has 0 unspecified atom stereocenters. The Kier molecular flexibility index (Phi) is 6.49. The Bertz CT molecular complexity index is 1400. The maximum atomic E-state index is 12.9. The lowest BCUT2D eigenvalue weighted by molar-refractivity contribution is -0.385. The molecule has 0 aliphatic heterocycles. The Hall–Kier alpha value is -4.72. The molecule has 0 heterocycles. The van der Waals surface area contributed by atoms with Crippen molar-refractivity contribution in [3.63, 3.8) is 0 Å². The van der Waals surface area contributed by atoms with Crippen molar-refractivity contribution in [1.82, 2.24) is 0 Å². The lowest BCUT2D eigenvalue weighted by Gasteiger charge is -2.11. The number of rotatable bonds is 7. The van der Waals surface area contributed by atoms with E-state index in [0.29, 0.717) is 16.9 Å². The highest BCUT2D eigenvalue weighted by Crippen LogP contribution is 2.28. The molecule has 0 bridgehead atoms. The number of fused-ring (bicyclic) bond motifs is 1. The summed E-state index contributed by atoms with van der Waals surface area (Å²) in [6, 6.07) is 23.8. The second-order valence-corrected chi connectivity index (χ2v) is 7.39. The maximum absolute atomic E-state index is 12.9. The van der Waals surface area contributed by atoms with Gasteiger partial charge in [-0.1, -0.05) is 42.5 Å². The average molecular weight is 455 g/mol. The third-order valence-corrected chi connectivity index (χ3v) is 5.14. The van der Waals surface area contributed by atoms with Crippen LogP contribution in [0, 0.1) is 10.1 Å². The van der Waals surface area contributed by atoms with Crippen LogP contribution in [-0.4, -0.2) is 23.3 Å². The number of benzene rings is 4. The van der Waals surface area contributed by atoms with E-state index in [2.05, 4.69) is 10.6 Å². The minimum Gasteiger partial charge on any atom is -0.487 e. The van der Waals surface area contributed by atoms with Crippen LogP contribution in [-0.2, 0) is 0 Å². The van der Waals surface area contributed by atoms with Gasteiger partial charge in [0, 0.05) is 34.0 Å². The minimum atomic E-state index is -0.597. The van der Waals surface area contributed by atoms with Crippen LogP contribution in [0.1, 0.15) is 27.6 Å². The maximum Gasteiger partial charge on any atom is 0.311 e. The highest BCUT2D eigenvalue weighted by molar-refractivity contribution is 6.10. The van der Waals surface area contributed by atoms with E-state index < -0.39 is 10.8 Å². The van der Waals surface area contributed by atoms with E-state index >= 15 is 0 Å². The Balaban J connectivity index is 1.52. The van der Waals surface area contributed by atoms with Gasteiger partial charge in [0.1, 0.15) is 0 Å². The lowest BCUT2D eigenvalue weighted by Crippen LogP contribution is -2.15. The predicted molar refractivity (Wildman–Crippen MR) is 131 cm³/mol. The predicted octanol–water partition coefficient (Wildman–Crippen LogP) is 5.65. The van der Waals surface area contributed by atoms with Gasteiger partial charge in [0.25, 0.3) is 11.8 Å². The number of nitrogens with one attached hydrogen (secondary N) is 2. The van der Waals surface area contributed by atoms with E-state index in [1.165, 1.54) is 12.1 Å². The first-order valence-electron chi connectivity index (χ1n) is 10.6. The van der Waals surface area contributed by atoms with E-state index in [4.69, 9.17) is 4.74 Å². The summed E-state index contributed by atoms with van der Waals surface area (Å²) >= 11 is 0. The second-order valence-electron chi connectivity index (χ2n) is 7.39. The molecule has 0 fully saturated rings. The van der Waals surface area contributed by atoms with Gasteiger partial charge < -0.3 is 15.4 Å². The molecule has 2 N–H and O–H groups in total. The molecule has 170 valence electrons. The van der Waals surface area contributed by atoms with Crippen molar-refractivity contribution in [2.75, 3.05) is 17.2 Å². The van der Waals surface area contributed by atoms with Crippen LogP contribution in [0.25, 0.3) is 10.8 Å². The van der Waals surface area contributed by atoms with E-state index in [-0.39, 0.29) is 29.5 Å². The van der Waals surface area contributed by atoms with E-state index in [1.807, 2.05) is 42.5 Å². The summed E-state index contributed by atoms with van der Waals surface area (Å²) in [6.07, 6.45) is 0. The summed E-state index contributed by atoms with van der Waals surface area (Å²) < 4.78 is 5.25. The quantitative estimate of drug-likeness (QED) is 0.276. The molecule has 0 aliphatic carbocycles. The third-order valence-electron chi connectivity index (χ3n) is 5.14. The molecule has 8 nitrogen and oxygen atoms in total. The number of ether oxygens (including phenoxy) is 1. The molecule has 0 radical (unpaired) electrons. The number of amides is 2. The fourth-order valence-electron chi connectivity index (χ4n) is 3.55. The molecule has 4 aromatic rings. The normalized spacial score (nSPS) is 10.5. The summed E-state index contributed by atoms with van der Waals surface area (Å²) in [5, 5.41) is 18.8. The number of anilines is 2. The van der Waals surface area contributed by atoms with Crippen LogP contribution in [0.4, 0.5) is 17.1 Å². The lowest BCUT2D eigenvalue weighted by atomic mass is 10.1. The van der Waals surface area contributed by atoms with Crippen molar-refractivity contribution >= 4 is 39.6 Å². The Morgan fingerprint density at radius 3 is 2.35 bits per heavy atom. The topological polar surface area (TPSA) is 111 Å². The molecular weight excluding hydrogens is 434 g/mol.